The highest BCUT2D eigenvalue weighted by molar-refractivity contribution is 7.89. The van der Waals surface area contributed by atoms with Gasteiger partial charge in [-0.15, -0.1) is 10.2 Å². The van der Waals surface area contributed by atoms with Gasteiger partial charge in [-0.25, -0.2) is 13.1 Å². The number of carbonyl (C=O) groups excluding carboxylic acids is 1. The summed E-state index contributed by atoms with van der Waals surface area (Å²) >= 11 is 1.37. The van der Waals surface area contributed by atoms with E-state index in [1.54, 1.807) is 19.1 Å². The van der Waals surface area contributed by atoms with Gasteiger partial charge in [-0.05, 0) is 43.9 Å². The lowest BCUT2D eigenvalue weighted by molar-refractivity contribution is -0.116. The summed E-state index contributed by atoms with van der Waals surface area (Å²) in [5, 5.41) is 12.2. The third-order valence-corrected chi connectivity index (χ3v) is 6.90. The van der Waals surface area contributed by atoms with E-state index in [0.717, 1.165) is 23.4 Å². The van der Waals surface area contributed by atoms with Crippen molar-refractivity contribution in [3.8, 4) is 0 Å². The Morgan fingerprint density at radius 1 is 1.19 bits per heavy atom. The second kappa shape index (κ2) is 9.38. The van der Waals surface area contributed by atoms with Gasteiger partial charge in [0.05, 0.1) is 4.90 Å². The fourth-order valence-electron chi connectivity index (χ4n) is 2.64. The molecule has 0 radical (unpaired) electrons. The van der Waals surface area contributed by atoms with Crippen LogP contribution in [0.15, 0.2) is 23.1 Å². The predicted molar refractivity (Wildman–Crippen MR) is 108 cm³/mol. The van der Waals surface area contributed by atoms with E-state index >= 15 is 0 Å². The van der Waals surface area contributed by atoms with Crippen LogP contribution in [0.4, 0.5) is 5.13 Å². The molecule has 0 aliphatic rings. The van der Waals surface area contributed by atoms with E-state index in [9.17, 15) is 13.2 Å². The van der Waals surface area contributed by atoms with Crippen molar-refractivity contribution < 1.29 is 13.2 Å². The Kier molecular flexibility index (Phi) is 7.46. The zero-order valence-corrected chi connectivity index (χ0v) is 17.7. The quantitative estimate of drug-likeness (QED) is 0.660. The molecule has 0 bridgehead atoms. The van der Waals surface area contributed by atoms with Crippen molar-refractivity contribution in [1.82, 2.24) is 14.9 Å². The third-order valence-electron chi connectivity index (χ3n) is 4.30. The minimum Gasteiger partial charge on any atom is -0.300 e. The van der Waals surface area contributed by atoms with Gasteiger partial charge >= 0.3 is 0 Å². The van der Waals surface area contributed by atoms with E-state index in [-0.39, 0.29) is 23.8 Å². The molecule has 1 aromatic heterocycles. The topological polar surface area (TPSA) is 101 Å². The second-order valence-corrected chi connectivity index (χ2v) is 9.17. The zero-order valence-electron chi connectivity index (χ0n) is 16.1. The molecule has 0 saturated heterocycles. The van der Waals surface area contributed by atoms with Crippen LogP contribution < -0.4 is 10.0 Å². The molecule has 1 heterocycles. The fraction of sp³-hybridized carbons (Fsp3) is 0.500. The van der Waals surface area contributed by atoms with E-state index in [4.69, 9.17) is 0 Å². The predicted octanol–water partition coefficient (Wildman–Crippen LogP) is 3.37. The van der Waals surface area contributed by atoms with Crippen molar-refractivity contribution >= 4 is 32.4 Å². The minimum absolute atomic E-state index is 0.0136. The maximum absolute atomic E-state index is 12.4. The monoisotopic (exact) mass is 410 g/mol. The smallest absolute Gasteiger partial charge is 0.240 e. The van der Waals surface area contributed by atoms with Crippen molar-refractivity contribution in [3.63, 3.8) is 0 Å². The van der Waals surface area contributed by atoms with E-state index in [0.29, 0.717) is 16.6 Å². The van der Waals surface area contributed by atoms with Crippen LogP contribution in [0.3, 0.4) is 0 Å². The molecule has 0 aliphatic heterocycles. The normalized spacial score (nSPS) is 11.7. The van der Waals surface area contributed by atoms with Gasteiger partial charge in [0.25, 0.3) is 0 Å². The highest BCUT2D eigenvalue weighted by atomic mass is 32.2. The number of sulfonamides is 1. The van der Waals surface area contributed by atoms with Gasteiger partial charge in [-0.1, -0.05) is 37.3 Å². The lowest BCUT2D eigenvalue weighted by atomic mass is 10.1. The Labute approximate surface area is 164 Å². The van der Waals surface area contributed by atoms with E-state index in [1.807, 2.05) is 13.0 Å². The molecule has 2 rings (SSSR count). The minimum atomic E-state index is -3.65. The number of hydrogen-bond acceptors (Lipinski definition) is 6. The molecular weight excluding hydrogens is 384 g/mol. The molecule has 0 spiro atoms. The number of amides is 1. The van der Waals surface area contributed by atoms with Gasteiger partial charge < -0.3 is 5.32 Å². The summed E-state index contributed by atoms with van der Waals surface area (Å²) in [6.07, 6.45) is 1.96. The second-order valence-electron chi connectivity index (χ2n) is 6.42. The van der Waals surface area contributed by atoms with Crippen LogP contribution in [0.1, 0.15) is 55.2 Å². The molecule has 1 amide bonds. The molecule has 27 heavy (non-hydrogen) atoms. The van der Waals surface area contributed by atoms with E-state index in [2.05, 4.69) is 34.1 Å². The van der Waals surface area contributed by atoms with Crippen LogP contribution in [-0.2, 0) is 14.8 Å². The number of aromatic nitrogens is 2. The number of nitrogens with zero attached hydrogens (tertiary/aromatic N) is 2. The zero-order chi connectivity index (χ0) is 20.0. The SMILES string of the molecule is CCC(CC)c1nnc(NC(=O)CCNS(=O)(=O)c2cc(C)ccc2C)s1. The highest BCUT2D eigenvalue weighted by Gasteiger charge is 2.18. The first-order valence-corrected chi connectivity index (χ1v) is 11.3. The van der Waals surface area contributed by atoms with Crippen molar-refractivity contribution in [3.05, 3.63) is 34.3 Å². The maximum Gasteiger partial charge on any atom is 0.240 e. The van der Waals surface area contributed by atoms with Crippen molar-refractivity contribution in [2.45, 2.75) is 57.8 Å². The van der Waals surface area contributed by atoms with Crippen molar-refractivity contribution in [2.24, 2.45) is 0 Å². The molecular formula is C18H26N4O3S2. The molecule has 9 heteroatoms. The number of carbonyl (C=O) groups is 1. The first-order valence-electron chi connectivity index (χ1n) is 8.97. The van der Waals surface area contributed by atoms with Gasteiger partial charge in [-0.2, -0.15) is 0 Å². The average Bonchev–Trinajstić information content (AvgIpc) is 3.06. The van der Waals surface area contributed by atoms with Gasteiger partial charge in [0, 0.05) is 18.9 Å². The summed E-state index contributed by atoms with van der Waals surface area (Å²) in [4.78, 5) is 12.3. The van der Waals surface area contributed by atoms with Crippen LogP contribution in [0.5, 0.6) is 0 Å². The molecule has 0 aliphatic carbocycles. The molecule has 2 aromatic rings. The summed E-state index contributed by atoms with van der Waals surface area (Å²) in [5.41, 5.74) is 1.53. The van der Waals surface area contributed by atoms with Crippen LogP contribution in [-0.4, -0.2) is 31.1 Å². The first kappa shape index (κ1) is 21.5. The van der Waals surface area contributed by atoms with Crippen LogP contribution in [0, 0.1) is 13.8 Å². The summed E-state index contributed by atoms with van der Waals surface area (Å²) in [6.45, 7) is 7.78. The Morgan fingerprint density at radius 3 is 2.56 bits per heavy atom. The maximum atomic E-state index is 12.4. The average molecular weight is 411 g/mol. The lowest BCUT2D eigenvalue weighted by Crippen LogP contribution is -2.28. The number of aryl methyl sites for hydroxylation is 2. The van der Waals surface area contributed by atoms with Gasteiger partial charge in [0.1, 0.15) is 5.01 Å². The number of benzene rings is 1. The van der Waals surface area contributed by atoms with E-state index < -0.39 is 10.0 Å². The molecule has 0 saturated carbocycles. The largest absolute Gasteiger partial charge is 0.300 e. The third kappa shape index (κ3) is 5.82. The molecule has 2 N–H and O–H groups in total. The molecule has 0 fully saturated rings. The van der Waals surface area contributed by atoms with Crippen molar-refractivity contribution in [1.29, 1.82) is 0 Å². The fourth-order valence-corrected chi connectivity index (χ4v) is 5.03. The lowest BCUT2D eigenvalue weighted by Gasteiger charge is -2.10. The highest BCUT2D eigenvalue weighted by Crippen LogP contribution is 2.28. The van der Waals surface area contributed by atoms with Crippen LogP contribution in [0.2, 0.25) is 0 Å². The number of hydrogen-bond donors (Lipinski definition) is 2. The summed E-state index contributed by atoms with van der Waals surface area (Å²) in [6, 6.07) is 5.25. The van der Waals surface area contributed by atoms with E-state index in [1.165, 1.54) is 11.3 Å². The van der Waals surface area contributed by atoms with Crippen molar-refractivity contribution in [2.75, 3.05) is 11.9 Å². The number of anilines is 1. The Balaban J connectivity index is 1.90. The number of rotatable bonds is 9. The molecule has 148 valence electrons. The molecule has 1 aromatic carbocycles. The Hall–Kier alpha value is -1.84. The molecule has 0 atom stereocenters. The Bertz CT molecular complexity index is 890. The van der Waals surface area contributed by atoms with Crippen LogP contribution in [0.25, 0.3) is 0 Å². The standard InChI is InChI=1S/C18H26N4O3S2/c1-5-14(6-2)17-21-22-18(26-17)20-16(23)9-10-19-27(24,25)15-11-12(3)7-8-13(15)4/h7-8,11,14,19H,5-6,9-10H2,1-4H3,(H,20,22,23). The van der Waals surface area contributed by atoms with Gasteiger partial charge in [-0.3, -0.25) is 4.79 Å². The first-order chi connectivity index (χ1) is 12.8. The summed E-state index contributed by atoms with van der Waals surface area (Å²) < 4.78 is 27.3. The summed E-state index contributed by atoms with van der Waals surface area (Å²) in [7, 11) is -3.65. The molecule has 0 unspecified atom stereocenters. The molecule has 7 nitrogen and oxygen atoms in total. The van der Waals surface area contributed by atoms with Gasteiger partial charge in [0.15, 0.2) is 0 Å². The summed E-state index contributed by atoms with van der Waals surface area (Å²) in [5.74, 6) is 0.0449. The van der Waals surface area contributed by atoms with Gasteiger partial charge in [0.2, 0.25) is 21.1 Å². The number of nitrogens with one attached hydrogen (secondary N) is 2. The Morgan fingerprint density at radius 2 is 1.89 bits per heavy atom. The van der Waals surface area contributed by atoms with Crippen LogP contribution >= 0.6 is 11.3 Å².